The van der Waals surface area contributed by atoms with Gasteiger partial charge in [-0.25, -0.2) is 9.89 Å². The standard InChI is InChI=1S/C11H22N4O2S/c1-5-15-9(17)13-14-10(15)18-7-8(16)6-12-11(2,3)4/h8,12,16H,5-7H2,1-4H3,(H,13,17). The van der Waals surface area contributed by atoms with E-state index in [1.165, 1.54) is 11.8 Å². The van der Waals surface area contributed by atoms with Crippen LogP contribution in [0.4, 0.5) is 0 Å². The largest absolute Gasteiger partial charge is 0.391 e. The van der Waals surface area contributed by atoms with Crippen molar-refractivity contribution in [3.8, 4) is 0 Å². The Morgan fingerprint density at radius 3 is 2.78 bits per heavy atom. The highest BCUT2D eigenvalue weighted by atomic mass is 32.2. The molecule has 0 aliphatic carbocycles. The lowest BCUT2D eigenvalue weighted by atomic mass is 10.1. The molecule has 0 fully saturated rings. The maximum Gasteiger partial charge on any atom is 0.343 e. The third kappa shape index (κ3) is 4.83. The first-order valence-corrected chi connectivity index (χ1v) is 7.03. The predicted octanol–water partition coefficient (Wildman–Crippen LogP) is 0.432. The summed E-state index contributed by atoms with van der Waals surface area (Å²) in [5.41, 5.74) is -0.217. The summed E-state index contributed by atoms with van der Waals surface area (Å²) in [5, 5.41) is 20.0. The highest BCUT2D eigenvalue weighted by Gasteiger charge is 2.14. The fraction of sp³-hybridized carbons (Fsp3) is 0.818. The number of aliphatic hydroxyl groups is 1. The van der Waals surface area contributed by atoms with E-state index in [-0.39, 0.29) is 11.2 Å². The molecule has 7 heteroatoms. The maximum absolute atomic E-state index is 11.3. The van der Waals surface area contributed by atoms with Gasteiger partial charge in [-0.3, -0.25) is 4.57 Å². The van der Waals surface area contributed by atoms with Crippen molar-refractivity contribution in [3.05, 3.63) is 10.5 Å². The number of H-pyrrole nitrogens is 1. The summed E-state index contributed by atoms with van der Waals surface area (Å²) in [5.74, 6) is 0.507. The average molecular weight is 274 g/mol. The molecule has 0 amide bonds. The van der Waals surface area contributed by atoms with Crippen LogP contribution in [0.25, 0.3) is 0 Å². The molecule has 1 unspecified atom stereocenters. The van der Waals surface area contributed by atoms with Crippen LogP contribution in [-0.2, 0) is 6.54 Å². The van der Waals surface area contributed by atoms with Gasteiger partial charge in [0, 0.05) is 24.4 Å². The first kappa shape index (κ1) is 15.3. The Morgan fingerprint density at radius 2 is 2.22 bits per heavy atom. The van der Waals surface area contributed by atoms with Crippen molar-refractivity contribution in [1.29, 1.82) is 0 Å². The lowest BCUT2D eigenvalue weighted by Gasteiger charge is -2.22. The van der Waals surface area contributed by atoms with Gasteiger partial charge in [-0.05, 0) is 27.7 Å². The summed E-state index contributed by atoms with van der Waals surface area (Å²) in [6.45, 7) is 9.14. The lowest BCUT2D eigenvalue weighted by Crippen LogP contribution is -2.41. The SMILES string of the molecule is CCn1c(SCC(O)CNC(C)(C)C)n[nH]c1=O. The van der Waals surface area contributed by atoms with E-state index in [4.69, 9.17) is 0 Å². The lowest BCUT2D eigenvalue weighted by molar-refractivity contribution is 0.183. The molecule has 104 valence electrons. The quantitative estimate of drug-likeness (QED) is 0.655. The number of nitrogens with one attached hydrogen (secondary N) is 2. The number of aromatic nitrogens is 3. The number of rotatable bonds is 6. The summed E-state index contributed by atoms with van der Waals surface area (Å²) in [6.07, 6.45) is -0.466. The van der Waals surface area contributed by atoms with Crippen molar-refractivity contribution < 1.29 is 5.11 Å². The van der Waals surface area contributed by atoms with Crippen molar-refractivity contribution in [3.63, 3.8) is 0 Å². The summed E-state index contributed by atoms with van der Waals surface area (Å²) in [7, 11) is 0. The van der Waals surface area contributed by atoms with Gasteiger partial charge in [0.2, 0.25) is 0 Å². The van der Waals surface area contributed by atoms with Crippen LogP contribution in [0.2, 0.25) is 0 Å². The van der Waals surface area contributed by atoms with E-state index in [1.807, 2.05) is 6.92 Å². The number of hydrogen-bond donors (Lipinski definition) is 3. The second-order valence-corrected chi connectivity index (χ2v) is 6.14. The second-order valence-electron chi connectivity index (χ2n) is 5.15. The molecule has 1 rings (SSSR count). The van der Waals surface area contributed by atoms with Crippen LogP contribution in [0.1, 0.15) is 27.7 Å². The van der Waals surface area contributed by atoms with Gasteiger partial charge in [0.1, 0.15) is 0 Å². The normalized spacial score (nSPS) is 13.8. The van der Waals surface area contributed by atoms with Crippen molar-refractivity contribution >= 4 is 11.8 Å². The fourth-order valence-electron chi connectivity index (χ4n) is 1.35. The molecular formula is C11H22N4O2S. The van der Waals surface area contributed by atoms with E-state index < -0.39 is 6.10 Å². The van der Waals surface area contributed by atoms with E-state index in [2.05, 4.69) is 36.3 Å². The maximum atomic E-state index is 11.3. The zero-order valence-corrected chi connectivity index (χ0v) is 12.2. The Bertz CT molecular complexity index is 421. The first-order valence-electron chi connectivity index (χ1n) is 6.04. The molecule has 3 N–H and O–H groups in total. The minimum atomic E-state index is -0.466. The fourth-order valence-corrected chi connectivity index (χ4v) is 2.28. The number of aliphatic hydroxyl groups excluding tert-OH is 1. The minimum Gasteiger partial charge on any atom is -0.391 e. The zero-order chi connectivity index (χ0) is 13.8. The predicted molar refractivity (Wildman–Crippen MR) is 73.0 cm³/mol. The molecule has 0 radical (unpaired) electrons. The van der Waals surface area contributed by atoms with E-state index in [0.717, 1.165) is 0 Å². The molecule has 0 aliphatic rings. The van der Waals surface area contributed by atoms with Crippen molar-refractivity contribution in [1.82, 2.24) is 20.1 Å². The number of hydrogen-bond acceptors (Lipinski definition) is 5. The Morgan fingerprint density at radius 1 is 1.56 bits per heavy atom. The van der Waals surface area contributed by atoms with Gasteiger partial charge in [0.15, 0.2) is 5.16 Å². The van der Waals surface area contributed by atoms with Gasteiger partial charge in [-0.2, -0.15) is 0 Å². The smallest absolute Gasteiger partial charge is 0.343 e. The van der Waals surface area contributed by atoms with E-state index >= 15 is 0 Å². The van der Waals surface area contributed by atoms with Crippen LogP contribution >= 0.6 is 11.8 Å². The van der Waals surface area contributed by atoms with Crippen LogP contribution in [0, 0.1) is 0 Å². The molecule has 1 heterocycles. The first-order chi connectivity index (χ1) is 8.33. The average Bonchev–Trinajstić information content (AvgIpc) is 2.63. The third-order valence-electron chi connectivity index (χ3n) is 2.31. The molecule has 0 saturated carbocycles. The molecule has 1 atom stereocenters. The molecule has 6 nitrogen and oxygen atoms in total. The van der Waals surface area contributed by atoms with E-state index in [9.17, 15) is 9.90 Å². The van der Waals surface area contributed by atoms with Crippen LogP contribution in [0.3, 0.4) is 0 Å². The molecule has 0 aliphatic heterocycles. The van der Waals surface area contributed by atoms with E-state index in [1.54, 1.807) is 4.57 Å². The van der Waals surface area contributed by atoms with Crippen LogP contribution < -0.4 is 11.0 Å². The van der Waals surface area contributed by atoms with Crippen LogP contribution in [0.5, 0.6) is 0 Å². The highest BCUT2D eigenvalue weighted by molar-refractivity contribution is 7.99. The molecule has 0 saturated heterocycles. The number of aromatic amines is 1. The number of thioether (sulfide) groups is 1. The van der Waals surface area contributed by atoms with Gasteiger partial charge in [-0.1, -0.05) is 11.8 Å². The Hall–Kier alpha value is -0.790. The van der Waals surface area contributed by atoms with Crippen LogP contribution in [0.15, 0.2) is 9.95 Å². The number of β-amino-alcohol motifs (C(OH)–C–C–N with tert-alkyl or cyclic N) is 1. The van der Waals surface area contributed by atoms with Gasteiger partial charge in [0.25, 0.3) is 0 Å². The molecule has 18 heavy (non-hydrogen) atoms. The molecule has 1 aromatic heterocycles. The Balaban J connectivity index is 2.43. The van der Waals surface area contributed by atoms with Gasteiger partial charge in [0.05, 0.1) is 6.10 Å². The summed E-state index contributed by atoms with van der Waals surface area (Å²) in [6, 6.07) is 0. The Kier molecular flexibility index (Phi) is 5.43. The molecule has 0 bridgehead atoms. The zero-order valence-electron chi connectivity index (χ0n) is 11.4. The molecular weight excluding hydrogens is 252 g/mol. The molecule has 1 aromatic rings. The minimum absolute atomic E-state index is 0.0104. The van der Waals surface area contributed by atoms with Crippen molar-refractivity contribution in [2.24, 2.45) is 0 Å². The summed E-state index contributed by atoms with van der Waals surface area (Å²) < 4.78 is 1.55. The van der Waals surface area contributed by atoms with Gasteiger partial charge < -0.3 is 10.4 Å². The van der Waals surface area contributed by atoms with Crippen molar-refractivity contribution in [2.75, 3.05) is 12.3 Å². The van der Waals surface area contributed by atoms with Gasteiger partial charge >= 0.3 is 5.69 Å². The van der Waals surface area contributed by atoms with Crippen LogP contribution in [-0.4, -0.2) is 43.8 Å². The highest BCUT2D eigenvalue weighted by Crippen LogP contribution is 2.14. The summed E-state index contributed by atoms with van der Waals surface area (Å²) in [4.78, 5) is 11.3. The monoisotopic (exact) mass is 274 g/mol. The van der Waals surface area contributed by atoms with Gasteiger partial charge in [-0.15, -0.1) is 5.10 Å². The second kappa shape index (κ2) is 6.40. The summed E-state index contributed by atoms with van der Waals surface area (Å²) >= 11 is 1.38. The third-order valence-corrected chi connectivity index (χ3v) is 3.43. The van der Waals surface area contributed by atoms with E-state index in [0.29, 0.717) is 24.0 Å². The number of nitrogens with zero attached hydrogens (tertiary/aromatic N) is 2. The van der Waals surface area contributed by atoms with Crippen molar-refractivity contribution in [2.45, 2.75) is 51.0 Å². The topological polar surface area (TPSA) is 82.9 Å². The molecule has 0 spiro atoms. The molecule has 0 aromatic carbocycles. The Labute approximate surface area is 111 Å².